The fourth-order valence-electron chi connectivity index (χ4n) is 3.20. The molecule has 0 bridgehead atoms. The lowest BCUT2D eigenvalue weighted by molar-refractivity contribution is 0.0662. The van der Waals surface area contributed by atoms with E-state index in [0.29, 0.717) is 11.6 Å². The number of aryl methyl sites for hydroxylation is 2. The van der Waals surface area contributed by atoms with E-state index >= 15 is 0 Å². The van der Waals surface area contributed by atoms with Crippen molar-refractivity contribution < 1.29 is 9.18 Å². The Morgan fingerprint density at radius 1 is 1.39 bits per heavy atom. The molecule has 1 atom stereocenters. The standard InChI is InChI=1S/C18H22FN3O/c1-13-11-17(21-20-13)18(23)22-10-2-3-15(12-22)5-4-14-6-8-16(19)9-7-14/h6-9,11,15H,2-5,10,12H2,1H3,(H,20,21)/t15-/m1/s1. The van der Waals surface area contributed by atoms with Crippen molar-refractivity contribution in [3.63, 3.8) is 0 Å². The van der Waals surface area contributed by atoms with E-state index in [1.807, 2.05) is 24.0 Å². The number of piperidine rings is 1. The van der Waals surface area contributed by atoms with Crippen molar-refractivity contribution in [3.8, 4) is 0 Å². The molecule has 122 valence electrons. The van der Waals surface area contributed by atoms with Gasteiger partial charge in [0.15, 0.2) is 0 Å². The second-order valence-corrected chi connectivity index (χ2v) is 6.36. The number of halogens is 1. The zero-order chi connectivity index (χ0) is 16.2. The van der Waals surface area contributed by atoms with E-state index in [4.69, 9.17) is 0 Å². The van der Waals surface area contributed by atoms with Gasteiger partial charge in [0.05, 0.1) is 0 Å². The molecule has 0 unspecified atom stereocenters. The number of amides is 1. The summed E-state index contributed by atoms with van der Waals surface area (Å²) in [6.07, 6.45) is 4.12. The molecule has 1 aromatic carbocycles. The van der Waals surface area contributed by atoms with Crippen molar-refractivity contribution in [2.75, 3.05) is 13.1 Å². The van der Waals surface area contributed by atoms with Gasteiger partial charge in [-0.3, -0.25) is 9.89 Å². The highest BCUT2D eigenvalue weighted by molar-refractivity contribution is 5.92. The number of carbonyl (C=O) groups is 1. The van der Waals surface area contributed by atoms with E-state index in [1.165, 1.54) is 12.1 Å². The van der Waals surface area contributed by atoms with Crippen LogP contribution >= 0.6 is 0 Å². The minimum absolute atomic E-state index is 0.0147. The Labute approximate surface area is 135 Å². The molecule has 1 amide bonds. The van der Waals surface area contributed by atoms with E-state index < -0.39 is 0 Å². The first-order chi connectivity index (χ1) is 11.1. The van der Waals surface area contributed by atoms with Crippen LogP contribution in [0.5, 0.6) is 0 Å². The van der Waals surface area contributed by atoms with Gasteiger partial charge in [-0.1, -0.05) is 12.1 Å². The summed E-state index contributed by atoms with van der Waals surface area (Å²) in [5, 5.41) is 6.89. The van der Waals surface area contributed by atoms with Crippen LogP contribution in [0.1, 0.15) is 41.0 Å². The van der Waals surface area contributed by atoms with E-state index in [0.717, 1.165) is 50.0 Å². The molecule has 1 N–H and O–H groups in total. The lowest BCUT2D eigenvalue weighted by Gasteiger charge is -2.32. The van der Waals surface area contributed by atoms with Gasteiger partial charge in [0.2, 0.25) is 0 Å². The van der Waals surface area contributed by atoms with Crippen LogP contribution in [0.15, 0.2) is 30.3 Å². The third kappa shape index (κ3) is 3.97. The SMILES string of the molecule is Cc1cc(C(=O)N2CCC[C@H](CCc3ccc(F)cc3)C2)n[nH]1. The first-order valence-corrected chi connectivity index (χ1v) is 8.17. The monoisotopic (exact) mass is 315 g/mol. The predicted molar refractivity (Wildman–Crippen MR) is 86.7 cm³/mol. The predicted octanol–water partition coefficient (Wildman–Crippen LogP) is 3.34. The Morgan fingerprint density at radius 2 is 2.17 bits per heavy atom. The summed E-state index contributed by atoms with van der Waals surface area (Å²) >= 11 is 0. The van der Waals surface area contributed by atoms with Crippen LogP contribution < -0.4 is 0 Å². The summed E-state index contributed by atoms with van der Waals surface area (Å²) in [5.41, 5.74) is 2.55. The van der Waals surface area contributed by atoms with Crippen LogP contribution in [-0.4, -0.2) is 34.1 Å². The Kier molecular flexibility index (Phi) is 4.74. The molecular formula is C18H22FN3O. The number of nitrogens with one attached hydrogen (secondary N) is 1. The van der Waals surface area contributed by atoms with Gasteiger partial charge in [-0.15, -0.1) is 0 Å². The smallest absolute Gasteiger partial charge is 0.274 e. The fraction of sp³-hybridized carbons (Fsp3) is 0.444. The summed E-state index contributed by atoms with van der Waals surface area (Å²) in [6.45, 7) is 3.48. The maximum Gasteiger partial charge on any atom is 0.274 e. The highest BCUT2D eigenvalue weighted by Crippen LogP contribution is 2.23. The van der Waals surface area contributed by atoms with E-state index in [2.05, 4.69) is 10.2 Å². The second-order valence-electron chi connectivity index (χ2n) is 6.36. The molecule has 2 aromatic rings. The molecule has 0 radical (unpaired) electrons. The van der Waals surface area contributed by atoms with Crippen molar-refractivity contribution >= 4 is 5.91 Å². The van der Waals surface area contributed by atoms with E-state index in [1.54, 1.807) is 6.07 Å². The van der Waals surface area contributed by atoms with Gasteiger partial charge in [0.25, 0.3) is 5.91 Å². The number of H-pyrrole nitrogens is 1. The maximum absolute atomic E-state index is 12.9. The number of aromatic amines is 1. The van der Waals surface area contributed by atoms with Crippen molar-refractivity contribution in [1.82, 2.24) is 15.1 Å². The lowest BCUT2D eigenvalue weighted by Crippen LogP contribution is -2.40. The number of carbonyl (C=O) groups excluding carboxylic acids is 1. The Morgan fingerprint density at radius 3 is 2.87 bits per heavy atom. The number of aromatic nitrogens is 2. The molecule has 1 aliphatic rings. The minimum atomic E-state index is -0.197. The Bertz CT molecular complexity index is 665. The number of nitrogens with zero attached hydrogens (tertiary/aromatic N) is 2. The topological polar surface area (TPSA) is 49.0 Å². The molecule has 1 aliphatic heterocycles. The van der Waals surface area contributed by atoms with E-state index in [9.17, 15) is 9.18 Å². The molecule has 23 heavy (non-hydrogen) atoms. The zero-order valence-corrected chi connectivity index (χ0v) is 13.4. The number of rotatable bonds is 4. The van der Waals surface area contributed by atoms with Gasteiger partial charge >= 0.3 is 0 Å². The third-order valence-corrected chi connectivity index (χ3v) is 4.49. The third-order valence-electron chi connectivity index (χ3n) is 4.49. The summed E-state index contributed by atoms with van der Waals surface area (Å²) < 4.78 is 12.9. The molecule has 0 saturated carbocycles. The van der Waals surface area contributed by atoms with Crippen LogP contribution in [0.2, 0.25) is 0 Å². The average molecular weight is 315 g/mol. The van der Waals surface area contributed by atoms with Crippen molar-refractivity contribution in [2.24, 2.45) is 5.92 Å². The Hall–Kier alpha value is -2.17. The van der Waals surface area contributed by atoms with Crippen molar-refractivity contribution in [2.45, 2.75) is 32.6 Å². The van der Waals surface area contributed by atoms with Gasteiger partial charge in [-0.2, -0.15) is 5.10 Å². The molecular weight excluding hydrogens is 293 g/mol. The number of likely N-dealkylation sites (tertiary alicyclic amines) is 1. The number of hydrogen-bond acceptors (Lipinski definition) is 2. The molecule has 1 fully saturated rings. The first kappa shape index (κ1) is 15.7. The molecule has 3 rings (SSSR count). The quantitative estimate of drug-likeness (QED) is 0.940. The highest BCUT2D eigenvalue weighted by Gasteiger charge is 2.25. The normalized spacial score (nSPS) is 18.2. The van der Waals surface area contributed by atoms with Crippen molar-refractivity contribution in [3.05, 3.63) is 53.1 Å². The minimum Gasteiger partial charge on any atom is -0.337 e. The molecule has 1 aromatic heterocycles. The molecule has 1 saturated heterocycles. The molecule has 0 spiro atoms. The molecule has 0 aliphatic carbocycles. The molecule has 5 heteroatoms. The summed E-state index contributed by atoms with van der Waals surface area (Å²) in [5.74, 6) is 0.316. The second kappa shape index (κ2) is 6.94. The van der Waals surface area contributed by atoms with Gasteiger partial charge in [0, 0.05) is 18.8 Å². The largest absolute Gasteiger partial charge is 0.337 e. The first-order valence-electron chi connectivity index (χ1n) is 8.17. The van der Waals surface area contributed by atoms with Gasteiger partial charge in [-0.25, -0.2) is 4.39 Å². The van der Waals surface area contributed by atoms with E-state index in [-0.39, 0.29) is 11.7 Å². The lowest BCUT2D eigenvalue weighted by atomic mass is 9.91. The van der Waals surface area contributed by atoms with Crippen LogP contribution in [0.4, 0.5) is 4.39 Å². The molecule has 2 heterocycles. The zero-order valence-electron chi connectivity index (χ0n) is 13.4. The van der Waals surface area contributed by atoms with Crippen LogP contribution in [-0.2, 0) is 6.42 Å². The van der Waals surface area contributed by atoms with Crippen LogP contribution in [0, 0.1) is 18.7 Å². The Balaban J connectivity index is 1.55. The van der Waals surface area contributed by atoms with Gasteiger partial charge in [-0.05, 0) is 62.3 Å². The highest BCUT2D eigenvalue weighted by atomic mass is 19.1. The summed E-state index contributed by atoms with van der Waals surface area (Å²) in [4.78, 5) is 14.4. The fourth-order valence-corrected chi connectivity index (χ4v) is 3.20. The number of benzene rings is 1. The summed E-state index contributed by atoms with van der Waals surface area (Å²) in [6, 6.07) is 8.49. The van der Waals surface area contributed by atoms with Crippen molar-refractivity contribution in [1.29, 1.82) is 0 Å². The average Bonchev–Trinajstić information content (AvgIpc) is 3.00. The van der Waals surface area contributed by atoms with Crippen LogP contribution in [0.3, 0.4) is 0 Å². The summed E-state index contributed by atoms with van der Waals surface area (Å²) in [7, 11) is 0. The maximum atomic E-state index is 12.9. The van der Waals surface area contributed by atoms with Gasteiger partial charge in [0.1, 0.15) is 11.5 Å². The number of hydrogen-bond donors (Lipinski definition) is 1. The van der Waals surface area contributed by atoms with Crippen LogP contribution in [0.25, 0.3) is 0 Å². The molecule has 4 nitrogen and oxygen atoms in total. The van der Waals surface area contributed by atoms with Gasteiger partial charge < -0.3 is 4.90 Å².